The van der Waals surface area contributed by atoms with Gasteiger partial charge in [-0.1, -0.05) is 35.6 Å². The van der Waals surface area contributed by atoms with Crippen molar-refractivity contribution in [1.29, 1.82) is 5.26 Å². The van der Waals surface area contributed by atoms with Crippen LogP contribution in [0.2, 0.25) is 0 Å². The first-order chi connectivity index (χ1) is 25.6. The fraction of sp³-hybridized carbons (Fsp3) is 0.333. The van der Waals surface area contributed by atoms with Gasteiger partial charge in [-0.2, -0.15) is 5.26 Å². The second-order valence-corrected chi connectivity index (χ2v) is 13.8. The van der Waals surface area contributed by atoms with E-state index in [4.69, 9.17) is 4.74 Å². The quantitative estimate of drug-likeness (QED) is 0.209. The molecule has 2 amide bonds. The van der Waals surface area contributed by atoms with Gasteiger partial charge in [0.25, 0.3) is 5.91 Å². The molecule has 3 aromatic heterocycles. The molecule has 2 aromatic carbocycles. The number of aryl methyl sites for hydroxylation is 1. The number of hydrogen-bond acceptors (Lipinski definition) is 8. The molecule has 0 unspecified atom stereocenters. The number of H-pyrrole nitrogens is 1. The van der Waals surface area contributed by atoms with Crippen LogP contribution < -0.4 is 9.64 Å². The summed E-state index contributed by atoms with van der Waals surface area (Å²) in [5.41, 5.74) is 3.10. The number of halogens is 2. The molecule has 2 aliphatic rings. The molecule has 2 aliphatic heterocycles. The number of piperazine rings is 1. The lowest BCUT2D eigenvalue weighted by Gasteiger charge is -2.35. The van der Waals surface area contributed by atoms with E-state index in [0.29, 0.717) is 79.3 Å². The summed E-state index contributed by atoms with van der Waals surface area (Å²) in [6.07, 6.45) is 7.16. The number of nitrogens with one attached hydrogen (secondary N) is 1. The number of pyridine rings is 1. The van der Waals surface area contributed by atoms with Gasteiger partial charge in [-0.05, 0) is 54.7 Å². The Hall–Kier alpha value is -6.10. The first-order valence-electron chi connectivity index (χ1n) is 17.5. The highest BCUT2D eigenvalue weighted by molar-refractivity contribution is 6.04. The minimum absolute atomic E-state index is 0.0648. The maximum absolute atomic E-state index is 16.7. The van der Waals surface area contributed by atoms with Crippen molar-refractivity contribution in [1.82, 2.24) is 34.8 Å². The summed E-state index contributed by atoms with van der Waals surface area (Å²) in [5.74, 6) is -0.533. The summed E-state index contributed by atoms with van der Waals surface area (Å²) < 4.78 is 37.4. The monoisotopic (exact) mass is 719 g/mol. The predicted molar refractivity (Wildman–Crippen MR) is 195 cm³/mol. The smallest absolute Gasteiger partial charge is 0.270 e. The molecule has 0 atom stereocenters. The minimum atomic E-state index is -0.700. The van der Waals surface area contributed by atoms with Gasteiger partial charge >= 0.3 is 0 Å². The van der Waals surface area contributed by atoms with Crippen molar-refractivity contribution in [2.24, 2.45) is 0 Å². The first-order valence-corrected chi connectivity index (χ1v) is 17.5. The molecular weight excluding hydrogens is 680 g/mol. The molecule has 53 heavy (non-hydrogen) atoms. The van der Waals surface area contributed by atoms with E-state index in [1.54, 1.807) is 39.0 Å². The second-order valence-electron chi connectivity index (χ2n) is 13.8. The third-order valence-corrected chi connectivity index (χ3v) is 10.0. The van der Waals surface area contributed by atoms with Gasteiger partial charge in [0.2, 0.25) is 5.91 Å². The van der Waals surface area contributed by atoms with Crippen LogP contribution in [0.25, 0.3) is 27.6 Å². The first kappa shape index (κ1) is 35.3. The third kappa shape index (κ3) is 7.06. The Morgan fingerprint density at radius 3 is 2.49 bits per heavy atom. The summed E-state index contributed by atoms with van der Waals surface area (Å²) in [6.45, 7) is 6.45. The molecule has 5 heterocycles. The Kier molecular flexibility index (Phi) is 9.66. The Morgan fingerprint density at radius 1 is 1.02 bits per heavy atom. The normalized spacial score (nSPS) is 15.0. The number of ether oxygens (including phenoxy) is 1. The summed E-state index contributed by atoms with van der Waals surface area (Å²) >= 11 is 0. The number of amides is 2. The zero-order valence-corrected chi connectivity index (χ0v) is 29.8. The molecule has 1 N–H and O–H groups in total. The fourth-order valence-electron chi connectivity index (χ4n) is 6.94. The standard InChI is InChI=1S/C39H39F2N9O3/c1-39(2,24-42)27-8-6-25(7-9-27)29-20-30(26-5-4-12-49(23-26)34(51)10-13-50-14-11-44-46-50)35(41)36-31(29)21-32(45-36)38(52)48-17-15-47(16-18-48)37-33(53-3)19-28(40)22-43-37/h5-9,11,14,19-22,45H,4,10,12-13,15-18,23H2,1-3H3. The topological polar surface area (TPSA) is 136 Å². The average Bonchev–Trinajstić information content (AvgIpc) is 3.88. The Bertz CT molecular complexity index is 2230. The summed E-state index contributed by atoms with van der Waals surface area (Å²) in [4.78, 5) is 39.8. The van der Waals surface area contributed by atoms with Crippen molar-refractivity contribution in [2.75, 3.05) is 51.3 Å². The molecular formula is C39H39F2N9O3. The molecule has 0 aliphatic carbocycles. The fourth-order valence-corrected chi connectivity index (χ4v) is 6.94. The van der Waals surface area contributed by atoms with E-state index in [1.165, 1.54) is 13.2 Å². The number of aromatic nitrogens is 5. The zero-order valence-electron chi connectivity index (χ0n) is 29.8. The van der Waals surface area contributed by atoms with Crippen LogP contribution in [0.3, 0.4) is 0 Å². The van der Waals surface area contributed by atoms with E-state index < -0.39 is 17.0 Å². The van der Waals surface area contributed by atoms with E-state index in [2.05, 4.69) is 26.3 Å². The molecule has 1 fully saturated rings. The highest BCUT2D eigenvalue weighted by Crippen LogP contribution is 2.38. The summed E-state index contributed by atoms with van der Waals surface area (Å²) in [7, 11) is 1.46. The van der Waals surface area contributed by atoms with Crippen molar-refractivity contribution < 1.29 is 23.1 Å². The number of benzene rings is 2. The number of nitrogens with zero attached hydrogens (tertiary/aromatic N) is 8. The molecule has 0 bridgehead atoms. The molecule has 272 valence electrons. The molecule has 5 aromatic rings. The van der Waals surface area contributed by atoms with E-state index in [-0.39, 0.29) is 36.0 Å². The van der Waals surface area contributed by atoms with Gasteiger partial charge in [0.15, 0.2) is 17.4 Å². The number of hydrogen-bond donors (Lipinski definition) is 1. The zero-order chi connectivity index (χ0) is 37.3. The lowest BCUT2D eigenvalue weighted by Crippen LogP contribution is -2.49. The molecule has 0 radical (unpaired) electrons. The Balaban J connectivity index is 1.19. The average molecular weight is 720 g/mol. The van der Waals surface area contributed by atoms with Crippen LogP contribution in [0.1, 0.15) is 48.3 Å². The van der Waals surface area contributed by atoms with Crippen LogP contribution in [0, 0.1) is 23.0 Å². The van der Waals surface area contributed by atoms with Crippen LogP contribution in [0.4, 0.5) is 14.6 Å². The third-order valence-electron chi connectivity index (χ3n) is 10.0. The molecule has 14 heteroatoms. The highest BCUT2D eigenvalue weighted by Gasteiger charge is 2.29. The summed E-state index contributed by atoms with van der Waals surface area (Å²) in [5, 5.41) is 18.0. The van der Waals surface area contributed by atoms with Crippen LogP contribution in [-0.4, -0.2) is 93.0 Å². The number of rotatable bonds is 9. The van der Waals surface area contributed by atoms with Gasteiger partial charge < -0.3 is 24.4 Å². The SMILES string of the molecule is COc1cc(F)cnc1N1CCN(C(=O)c2cc3c(-c4ccc(C(C)(C)C#N)cc4)cc(C4=CCCN(C(=O)CCn5ccnn5)C4)c(F)c3[nH]2)CC1. The van der Waals surface area contributed by atoms with Gasteiger partial charge in [0, 0.05) is 68.9 Å². The number of carbonyl (C=O) groups excluding carboxylic acids is 2. The number of anilines is 1. The number of nitriles is 1. The van der Waals surface area contributed by atoms with E-state index in [1.807, 2.05) is 49.1 Å². The van der Waals surface area contributed by atoms with Crippen molar-refractivity contribution in [3.8, 4) is 22.9 Å². The lowest BCUT2D eigenvalue weighted by molar-refractivity contribution is -0.131. The molecule has 0 saturated carbocycles. The Labute approximate surface area is 305 Å². The van der Waals surface area contributed by atoms with E-state index in [9.17, 15) is 19.2 Å². The number of methoxy groups -OCH3 is 1. The van der Waals surface area contributed by atoms with Gasteiger partial charge in [0.1, 0.15) is 11.5 Å². The van der Waals surface area contributed by atoms with Crippen molar-refractivity contribution in [2.45, 2.75) is 38.6 Å². The van der Waals surface area contributed by atoms with Gasteiger partial charge in [0.05, 0.1) is 43.0 Å². The van der Waals surface area contributed by atoms with Crippen LogP contribution in [-0.2, 0) is 16.8 Å². The lowest BCUT2D eigenvalue weighted by atomic mass is 9.85. The van der Waals surface area contributed by atoms with Gasteiger partial charge in [-0.25, -0.2) is 13.8 Å². The van der Waals surface area contributed by atoms with Crippen LogP contribution in [0.5, 0.6) is 5.75 Å². The van der Waals surface area contributed by atoms with E-state index >= 15 is 4.39 Å². The van der Waals surface area contributed by atoms with Crippen molar-refractivity contribution in [3.63, 3.8) is 0 Å². The highest BCUT2D eigenvalue weighted by atomic mass is 19.1. The number of aromatic amines is 1. The maximum atomic E-state index is 16.7. The predicted octanol–water partition coefficient (Wildman–Crippen LogP) is 5.58. The molecule has 1 saturated heterocycles. The Morgan fingerprint density at radius 2 is 1.79 bits per heavy atom. The summed E-state index contributed by atoms with van der Waals surface area (Å²) in [6, 6.07) is 14.7. The minimum Gasteiger partial charge on any atom is -0.493 e. The molecule has 12 nitrogen and oxygen atoms in total. The van der Waals surface area contributed by atoms with Crippen LogP contribution in [0.15, 0.2) is 67.1 Å². The van der Waals surface area contributed by atoms with Gasteiger partial charge in [-0.15, -0.1) is 5.10 Å². The van der Waals surface area contributed by atoms with Crippen molar-refractivity contribution in [3.05, 3.63) is 95.6 Å². The van der Waals surface area contributed by atoms with Gasteiger partial charge in [-0.3, -0.25) is 14.3 Å². The largest absolute Gasteiger partial charge is 0.493 e. The van der Waals surface area contributed by atoms with E-state index in [0.717, 1.165) is 17.3 Å². The number of fused-ring (bicyclic) bond motifs is 1. The maximum Gasteiger partial charge on any atom is 0.270 e. The molecule has 7 rings (SSSR count). The number of carbonyl (C=O) groups is 2. The van der Waals surface area contributed by atoms with Crippen molar-refractivity contribution >= 4 is 34.1 Å². The molecule has 0 spiro atoms. The second kappa shape index (κ2) is 14.5. The van der Waals surface area contributed by atoms with Crippen LogP contribution >= 0.6 is 0 Å².